The Morgan fingerprint density at radius 1 is 0.565 bits per heavy atom. The predicted molar refractivity (Wildman–Crippen MR) is 175 cm³/mol. The molecule has 2 N–H and O–H groups in total. The first-order valence-electron chi connectivity index (χ1n) is 13.7. The lowest BCUT2D eigenvalue weighted by Crippen LogP contribution is -2.05. The van der Waals surface area contributed by atoms with E-state index in [0.717, 1.165) is 35.6 Å². The lowest BCUT2D eigenvalue weighted by molar-refractivity contribution is -0.138. The molecule has 0 atom stereocenters. The van der Waals surface area contributed by atoms with Crippen molar-refractivity contribution in [2.75, 3.05) is 5.73 Å². The Morgan fingerprint density at radius 3 is 1.59 bits per heavy atom. The summed E-state index contributed by atoms with van der Waals surface area (Å²) in [5.74, 6) is 0. The van der Waals surface area contributed by atoms with Gasteiger partial charge in [0.15, 0.2) is 0 Å². The van der Waals surface area contributed by atoms with Crippen molar-refractivity contribution in [3.8, 4) is 22.5 Å². The van der Waals surface area contributed by atoms with Gasteiger partial charge < -0.3 is 5.73 Å². The maximum Gasteiger partial charge on any atom is 0.416 e. The van der Waals surface area contributed by atoms with Crippen LogP contribution in [0.15, 0.2) is 122 Å². The summed E-state index contributed by atoms with van der Waals surface area (Å²) in [5, 5.41) is 0. The summed E-state index contributed by atoms with van der Waals surface area (Å²) in [6, 6.07) is 30.0. The van der Waals surface area contributed by atoms with Crippen LogP contribution in [-0.4, -0.2) is 19.1 Å². The second-order valence-electron chi connectivity index (χ2n) is 10.2. The molecule has 0 spiro atoms. The van der Waals surface area contributed by atoms with Gasteiger partial charge >= 0.3 is 12.4 Å². The number of alkyl halides is 6. The number of benzene rings is 5. The van der Waals surface area contributed by atoms with Crippen molar-refractivity contribution in [2.45, 2.75) is 12.4 Å². The third-order valence-corrected chi connectivity index (χ3v) is 7.98. The Morgan fingerprint density at radius 2 is 1.07 bits per heavy atom. The van der Waals surface area contributed by atoms with Gasteiger partial charge in [0.2, 0.25) is 0 Å². The average Bonchev–Trinajstić information content (AvgIpc) is 3.66. The summed E-state index contributed by atoms with van der Waals surface area (Å²) in [6.45, 7) is 0. The lowest BCUT2D eigenvalue weighted by atomic mass is 10.00. The van der Waals surface area contributed by atoms with Crippen LogP contribution in [-0.2, 0) is 12.4 Å². The van der Waals surface area contributed by atoms with Gasteiger partial charge in [0, 0.05) is 26.2 Å². The minimum Gasteiger partial charge on any atom is -0.399 e. The van der Waals surface area contributed by atoms with Crippen LogP contribution in [0, 0.1) is 3.57 Å². The van der Waals surface area contributed by atoms with Gasteiger partial charge in [0.05, 0.1) is 33.2 Å². The molecule has 0 saturated carbocycles. The number of aromatic nitrogens is 4. The van der Waals surface area contributed by atoms with Gasteiger partial charge in [-0.3, -0.25) is 9.13 Å². The van der Waals surface area contributed by atoms with E-state index in [4.69, 9.17) is 5.73 Å². The summed E-state index contributed by atoms with van der Waals surface area (Å²) >= 11 is 1.91. The van der Waals surface area contributed by atoms with Gasteiger partial charge in [-0.1, -0.05) is 48.5 Å². The monoisotopic (exact) mass is 741 g/mol. The number of nitrogens with zero attached hydrogens (tertiary/aromatic N) is 4. The number of hydrogen-bond acceptors (Lipinski definition) is 3. The molecular formula is C34H22F6IN5. The summed E-state index contributed by atoms with van der Waals surface area (Å²) in [6.07, 6.45) is -5.73. The summed E-state index contributed by atoms with van der Waals surface area (Å²) < 4.78 is 82.5. The van der Waals surface area contributed by atoms with Gasteiger partial charge in [-0.05, 0) is 88.8 Å². The van der Waals surface area contributed by atoms with Crippen LogP contribution in [0.25, 0.3) is 44.6 Å². The van der Waals surface area contributed by atoms with Gasteiger partial charge in [-0.25, -0.2) is 9.97 Å². The molecule has 0 saturated heterocycles. The number of halogens is 7. The second-order valence-corrected chi connectivity index (χ2v) is 11.4. The van der Waals surface area contributed by atoms with Gasteiger partial charge in [0.25, 0.3) is 0 Å². The highest BCUT2D eigenvalue weighted by molar-refractivity contribution is 14.1. The Hall–Kier alpha value is -4.85. The smallest absolute Gasteiger partial charge is 0.399 e. The molecule has 0 aliphatic carbocycles. The molecule has 12 heteroatoms. The van der Waals surface area contributed by atoms with E-state index in [1.807, 2.05) is 83.3 Å². The molecule has 0 radical (unpaired) electrons. The van der Waals surface area contributed by atoms with Gasteiger partial charge in [-0.2, -0.15) is 26.3 Å². The second kappa shape index (κ2) is 12.2. The number of imidazole rings is 2. The summed E-state index contributed by atoms with van der Waals surface area (Å²) in [5.41, 5.74) is 9.56. The first-order valence-corrected chi connectivity index (χ1v) is 14.8. The third kappa shape index (κ3) is 6.29. The minimum absolute atomic E-state index is 0.279. The third-order valence-electron chi connectivity index (χ3n) is 7.16. The normalized spacial score (nSPS) is 11.9. The molecule has 0 bridgehead atoms. The fourth-order valence-corrected chi connectivity index (χ4v) is 5.94. The number of rotatable bonds is 3. The van der Waals surface area contributed by atoms with Crippen molar-refractivity contribution >= 4 is 50.3 Å². The van der Waals surface area contributed by atoms with Gasteiger partial charge in [0.1, 0.15) is 12.7 Å². The molecule has 232 valence electrons. The number of anilines is 1. The van der Waals surface area contributed by atoms with E-state index in [0.29, 0.717) is 36.9 Å². The Kier molecular flexibility index (Phi) is 8.23. The number of nitrogen functional groups attached to an aromatic ring is 1. The predicted octanol–water partition coefficient (Wildman–Crippen LogP) is 9.94. The highest BCUT2D eigenvalue weighted by atomic mass is 127. The highest BCUT2D eigenvalue weighted by Crippen LogP contribution is 2.38. The van der Waals surface area contributed by atoms with E-state index in [9.17, 15) is 26.3 Å². The SMILES string of the molecule is FC(F)(F)c1cc(I)c2c(c1)ncn2-c1ccccc1.Nc1cccc(-c2cc(C(F)(F)F)cc3ncn(-c4ccccc4)c23)c1. The first-order chi connectivity index (χ1) is 21.9. The van der Waals surface area contributed by atoms with E-state index in [-0.39, 0.29) is 5.52 Å². The number of nitrogens with two attached hydrogens (primary N) is 1. The average molecular weight is 741 g/mol. The van der Waals surface area contributed by atoms with E-state index in [2.05, 4.69) is 9.97 Å². The molecule has 0 fully saturated rings. The summed E-state index contributed by atoms with van der Waals surface area (Å²) in [4.78, 5) is 8.30. The molecule has 0 aliphatic heterocycles. The molecule has 0 amide bonds. The van der Waals surface area contributed by atoms with E-state index in [1.54, 1.807) is 39.7 Å². The van der Waals surface area contributed by atoms with Crippen molar-refractivity contribution in [3.63, 3.8) is 0 Å². The molecular weight excluding hydrogens is 719 g/mol. The fourth-order valence-electron chi connectivity index (χ4n) is 5.07. The lowest BCUT2D eigenvalue weighted by Gasteiger charge is -2.13. The molecule has 2 heterocycles. The fraction of sp³-hybridized carbons (Fsp3) is 0.0588. The molecule has 7 aromatic rings. The van der Waals surface area contributed by atoms with Crippen LogP contribution in [0.2, 0.25) is 0 Å². The van der Waals surface area contributed by atoms with Crippen molar-refractivity contribution in [1.29, 1.82) is 0 Å². The van der Waals surface area contributed by atoms with E-state index >= 15 is 0 Å². The largest absolute Gasteiger partial charge is 0.416 e. The van der Waals surface area contributed by atoms with Crippen molar-refractivity contribution in [2.24, 2.45) is 0 Å². The molecule has 46 heavy (non-hydrogen) atoms. The number of hydrogen-bond donors (Lipinski definition) is 1. The Labute approximate surface area is 272 Å². The van der Waals surface area contributed by atoms with E-state index < -0.39 is 23.5 Å². The molecule has 5 aromatic carbocycles. The molecule has 5 nitrogen and oxygen atoms in total. The van der Waals surface area contributed by atoms with Crippen LogP contribution in [0.4, 0.5) is 32.0 Å². The highest BCUT2D eigenvalue weighted by Gasteiger charge is 2.33. The number of para-hydroxylation sites is 2. The first kappa shape index (κ1) is 31.1. The standard InChI is InChI=1S/C20H14F3N3.C14H8F3IN2/c21-20(22,23)14-10-17(13-5-4-6-15(24)9-13)19-18(11-14)25-12-26(19)16-7-2-1-3-8-16;15-14(16,17)9-6-11(18)13-12(7-9)19-8-20(13)10-4-2-1-3-5-10/h1-12H,24H2;1-8H. The van der Waals surface area contributed by atoms with Crippen molar-refractivity contribution < 1.29 is 26.3 Å². The quantitative estimate of drug-likeness (QED) is 0.112. The molecule has 7 rings (SSSR count). The zero-order chi connectivity index (χ0) is 32.6. The van der Waals surface area contributed by atoms with Crippen molar-refractivity contribution in [1.82, 2.24) is 19.1 Å². The maximum absolute atomic E-state index is 13.4. The molecule has 0 unspecified atom stereocenters. The Balaban J connectivity index is 0.000000167. The summed E-state index contributed by atoms with van der Waals surface area (Å²) in [7, 11) is 0. The zero-order valence-electron chi connectivity index (χ0n) is 23.6. The maximum atomic E-state index is 13.4. The van der Waals surface area contributed by atoms with Crippen LogP contribution in [0.5, 0.6) is 0 Å². The van der Waals surface area contributed by atoms with Crippen molar-refractivity contribution in [3.05, 3.63) is 137 Å². The molecule has 0 aliphatic rings. The van der Waals surface area contributed by atoms with Crippen LogP contribution >= 0.6 is 22.6 Å². The topological polar surface area (TPSA) is 61.7 Å². The van der Waals surface area contributed by atoms with Crippen LogP contribution < -0.4 is 5.73 Å². The van der Waals surface area contributed by atoms with Crippen LogP contribution in [0.1, 0.15) is 11.1 Å². The van der Waals surface area contributed by atoms with Crippen LogP contribution in [0.3, 0.4) is 0 Å². The number of fused-ring (bicyclic) bond motifs is 2. The Bertz CT molecular complexity index is 2150. The zero-order valence-corrected chi connectivity index (χ0v) is 25.7. The molecule has 2 aromatic heterocycles. The minimum atomic E-state index is -4.46. The van der Waals surface area contributed by atoms with Gasteiger partial charge in [-0.15, -0.1) is 0 Å². The van der Waals surface area contributed by atoms with E-state index in [1.165, 1.54) is 6.33 Å².